The Morgan fingerprint density at radius 3 is 2.38 bits per heavy atom. The molecule has 0 saturated heterocycles. The standard InChI is InChI=1S/C8H16ClNO3/c9-4-2-1-3-8(13)10-7(5-11)6-12/h7,11-12H,1-6H2,(H,10,13). The van der Waals surface area contributed by atoms with E-state index in [-0.39, 0.29) is 19.1 Å². The van der Waals surface area contributed by atoms with Gasteiger partial charge in [-0.05, 0) is 12.8 Å². The predicted molar refractivity (Wildman–Crippen MR) is 50.7 cm³/mol. The lowest BCUT2D eigenvalue weighted by atomic mass is 10.2. The minimum absolute atomic E-state index is 0.154. The number of halogens is 1. The van der Waals surface area contributed by atoms with Crippen LogP contribution in [0.3, 0.4) is 0 Å². The quantitative estimate of drug-likeness (QED) is 0.404. The second-order valence-electron chi connectivity index (χ2n) is 2.78. The van der Waals surface area contributed by atoms with Crippen molar-refractivity contribution in [2.75, 3.05) is 19.1 Å². The summed E-state index contributed by atoms with van der Waals surface area (Å²) in [7, 11) is 0. The molecule has 0 unspecified atom stereocenters. The number of alkyl halides is 1. The highest BCUT2D eigenvalue weighted by Gasteiger charge is 2.08. The van der Waals surface area contributed by atoms with Crippen LogP contribution in [0.1, 0.15) is 19.3 Å². The number of hydrogen-bond acceptors (Lipinski definition) is 3. The van der Waals surface area contributed by atoms with Crippen LogP contribution in [0.2, 0.25) is 0 Å². The molecule has 0 aliphatic heterocycles. The second-order valence-corrected chi connectivity index (χ2v) is 3.15. The molecular formula is C8H16ClNO3. The molecule has 0 fully saturated rings. The molecule has 1 amide bonds. The molecule has 5 heteroatoms. The minimum atomic E-state index is -0.538. The van der Waals surface area contributed by atoms with Crippen LogP contribution in [0.5, 0.6) is 0 Å². The normalized spacial score (nSPS) is 10.5. The van der Waals surface area contributed by atoms with Crippen molar-refractivity contribution in [1.82, 2.24) is 5.32 Å². The lowest BCUT2D eigenvalue weighted by Crippen LogP contribution is -2.39. The Morgan fingerprint density at radius 1 is 1.31 bits per heavy atom. The highest BCUT2D eigenvalue weighted by atomic mass is 35.5. The summed E-state index contributed by atoms with van der Waals surface area (Å²) < 4.78 is 0. The number of hydrogen-bond donors (Lipinski definition) is 3. The highest BCUT2D eigenvalue weighted by molar-refractivity contribution is 6.17. The molecule has 4 nitrogen and oxygen atoms in total. The van der Waals surface area contributed by atoms with Gasteiger partial charge in [-0.25, -0.2) is 0 Å². The van der Waals surface area contributed by atoms with Crippen LogP contribution in [0.15, 0.2) is 0 Å². The number of carbonyl (C=O) groups excluding carboxylic acids is 1. The maximum atomic E-state index is 11.1. The van der Waals surface area contributed by atoms with Gasteiger partial charge >= 0.3 is 0 Å². The van der Waals surface area contributed by atoms with Crippen molar-refractivity contribution in [3.63, 3.8) is 0 Å². The fourth-order valence-corrected chi connectivity index (χ4v) is 1.02. The molecule has 0 radical (unpaired) electrons. The number of rotatable bonds is 7. The molecule has 0 aromatic rings. The number of aliphatic hydroxyl groups excluding tert-OH is 2. The number of nitrogens with one attached hydrogen (secondary N) is 1. The Kier molecular flexibility index (Phi) is 8.08. The second kappa shape index (κ2) is 8.29. The maximum Gasteiger partial charge on any atom is 0.220 e. The Morgan fingerprint density at radius 2 is 1.92 bits per heavy atom. The molecule has 3 N–H and O–H groups in total. The molecule has 78 valence electrons. The monoisotopic (exact) mass is 209 g/mol. The first-order chi connectivity index (χ1) is 6.24. The third-order valence-electron chi connectivity index (χ3n) is 1.59. The van der Waals surface area contributed by atoms with Crippen molar-refractivity contribution < 1.29 is 15.0 Å². The average Bonchev–Trinajstić information content (AvgIpc) is 2.14. The fourth-order valence-electron chi connectivity index (χ4n) is 0.829. The van der Waals surface area contributed by atoms with Crippen LogP contribution in [-0.4, -0.2) is 41.3 Å². The van der Waals surface area contributed by atoms with E-state index in [0.29, 0.717) is 12.3 Å². The first-order valence-corrected chi connectivity index (χ1v) is 4.85. The summed E-state index contributed by atoms with van der Waals surface area (Å²) in [5, 5.41) is 19.8. The van der Waals surface area contributed by atoms with Crippen LogP contribution in [0.25, 0.3) is 0 Å². The molecule has 0 aliphatic carbocycles. The number of unbranched alkanes of at least 4 members (excludes halogenated alkanes) is 1. The summed E-state index contributed by atoms with van der Waals surface area (Å²) in [6.45, 7) is -0.477. The summed E-state index contributed by atoms with van der Waals surface area (Å²) in [5.74, 6) is 0.398. The average molecular weight is 210 g/mol. The van der Waals surface area contributed by atoms with Gasteiger partial charge in [0.2, 0.25) is 5.91 Å². The van der Waals surface area contributed by atoms with Gasteiger partial charge in [-0.1, -0.05) is 0 Å². The molecule has 0 heterocycles. The third kappa shape index (κ3) is 6.81. The van der Waals surface area contributed by atoms with E-state index in [0.717, 1.165) is 12.8 Å². The van der Waals surface area contributed by atoms with Crippen LogP contribution in [0.4, 0.5) is 0 Å². The minimum Gasteiger partial charge on any atom is -0.394 e. The van der Waals surface area contributed by atoms with Crippen LogP contribution < -0.4 is 5.32 Å². The zero-order chi connectivity index (χ0) is 10.1. The van der Waals surface area contributed by atoms with Gasteiger partial charge in [-0.2, -0.15) is 0 Å². The lowest BCUT2D eigenvalue weighted by molar-refractivity contribution is -0.122. The van der Waals surface area contributed by atoms with Gasteiger partial charge in [0.05, 0.1) is 19.3 Å². The van der Waals surface area contributed by atoms with Crippen LogP contribution >= 0.6 is 11.6 Å². The summed E-state index contributed by atoms with van der Waals surface area (Å²) in [5.41, 5.74) is 0. The Balaban J connectivity index is 3.48. The van der Waals surface area contributed by atoms with E-state index in [9.17, 15) is 4.79 Å². The van der Waals surface area contributed by atoms with Crippen molar-refractivity contribution in [3.05, 3.63) is 0 Å². The van der Waals surface area contributed by atoms with Crippen molar-refractivity contribution in [3.8, 4) is 0 Å². The van der Waals surface area contributed by atoms with Gasteiger partial charge in [-0.3, -0.25) is 4.79 Å². The molecule has 0 rings (SSSR count). The van der Waals surface area contributed by atoms with E-state index in [1.807, 2.05) is 0 Å². The summed E-state index contributed by atoms with van der Waals surface area (Å²) in [6.07, 6.45) is 1.93. The first kappa shape index (κ1) is 12.7. The van der Waals surface area contributed by atoms with Crippen LogP contribution in [-0.2, 0) is 4.79 Å². The third-order valence-corrected chi connectivity index (χ3v) is 1.86. The smallest absolute Gasteiger partial charge is 0.220 e. The van der Waals surface area contributed by atoms with Gasteiger partial charge < -0.3 is 15.5 Å². The summed E-state index contributed by atoms with van der Waals surface area (Å²) in [6, 6.07) is -0.538. The maximum absolute atomic E-state index is 11.1. The molecule has 0 aromatic carbocycles. The molecule has 0 saturated carbocycles. The Bertz CT molecular complexity index is 139. The summed E-state index contributed by atoms with van der Waals surface area (Å²) >= 11 is 5.43. The van der Waals surface area contributed by atoms with E-state index in [1.54, 1.807) is 0 Å². The van der Waals surface area contributed by atoms with Crippen molar-refractivity contribution in [2.45, 2.75) is 25.3 Å². The number of aliphatic hydroxyl groups is 2. The molecule has 0 spiro atoms. The van der Waals surface area contributed by atoms with Gasteiger partial charge in [0, 0.05) is 12.3 Å². The molecule has 0 atom stereocenters. The fraction of sp³-hybridized carbons (Fsp3) is 0.875. The molecular weight excluding hydrogens is 194 g/mol. The topological polar surface area (TPSA) is 69.6 Å². The van der Waals surface area contributed by atoms with Crippen molar-refractivity contribution in [2.24, 2.45) is 0 Å². The summed E-state index contributed by atoms with van der Waals surface area (Å²) in [4.78, 5) is 11.1. The van der Waals surface area contributed by atoms with E-state index < -0.39 is 6.04 Å². The molecule has 0 bridgehead atoms. The van der Waals surface area contributed by atoms with E-state index in [1.165, 1.54) is 0 Å². The molecule has 0 aliphatic rings. The lowest BCUT2D eigenvalue weighted by Gasteiger charge is -2.12. The number of amides is 1. The Labute approximate surface area is 82.9 Å². The van der Waals surface area contributed by atoms with Gasteiger partial charge in [0.15, 0.2) is 0 Å². The van der Waals surface area contributed by atoms with Gasteiger partial charge in [0.25, 0.3) is 0 Å². The Hall–Kier alpha value is -0.320. The SMILES string of the molecule is O=C(CCCCCl)NC(CO)CO. The van der Waals surface area contributed by atoms with Crippen molar-refractivity contribution in [1.29, 1.82) is 0 Å². The zero-order valence-electron chi connectivity index (χ0n) is 7.50. The van der Waals surface area contributed by atoms with E-state index in [4.69, 9.17) is 21.8 Å². The molecule has 0 aromatic heterocycles. The van der Waals surface area contributed by atoms with Crippen LogP contribution in [0, 0.1) is 0 Å². The van der Waals surface area contributed by atoms with Crippen molar-refractivity contribution >= 4 is 17.5 Å². The largest absolute Gasteiger partial charge is 0.394 e. The zero-order valence-corrected chi connectivity index (χ0v) is 8.26. The van der Waals surface area contributed by atoms with E-state index in [2.05, 4.69) is 5.32 Å². The van der Waals surface area contributed by atoms with Gasteiger partial charge in [-0.15, -0.1) is 11.6 Å². The number of carbonyl (C=O) groups is 1. The first-order valence-electron chi connectivity index (χ1n) is 4.31. The van der Waals surface area contributed by atoms with E-state index >= 15 is 0 Å². The molecule has 13 heavy (non-hydrogen) atoms. The van der Waals surface area contributed by atoms with Gasteiger partial charge in [0.1, 0.15) is 0 Å². The highest BCUT2D eigenvalue weighted by Crippen LogP contribution is 1.97. The predicted octanol–water partition coefficient (Wildman–Crippen LogP) is -0.135.